The quantitative estimate of drug-likeness (QED) is 0.116. The number of rotatable bonds is 10. The van der Waals surface area contributed by atoms with E-state index in [1.807, 2.05) is 13.8 Å². The van der Waals surface area contributed by atoms with Crippen molar-refractivity contribution in [3.8, 4) is 0 Å². The van der Waals surface area contributed by atoms with E-state index >= 15 is 0 Å². The van der Waals surface area contributed by atoms with E-state index in [4.69, 9.17) is 28.4 Å². The molecule has 56 heavy (non-hydrogen) atoms. The lowest BCUT2D eigenvalue weighted by molar-refractivity contribution is -0.253. The van der Waals surface area contributed by atoms with Crippen LogP contribution in [0.2, 0.25) is 0 Å². The van der Waals surface area contributed by atoms with Crippen LogP contribution in [-0.2, 0) is 52.4 Å². The average Bonchev–Trinajstić information content (AvgIpc) is 4.11. The van der Waals surface area contributed by atoms with E-state index in [9.17, 15) is 44.4 Å². The van der Waals surface area contributed by atoms with E-state index in [1.54, 1.807) is 9.80 Å². The highest BCUT2D eigenvalue weighted by Crippen LogP contribution is 2.83. The molecule has 9 aliphatic rings. The lowest BCUT2D eigenvalue weighted by atomic mass is 9.46. The number of carbonyl (C=O) groups excluding carboxylic acids is 5. The largest absolute Gasteiger partial charge is 0.458 e. The van der Waals surface area contributed by atoms with Gasteiger partial charge in [0.25, 0.3) is 0 Å². The monoisotopic (exact) mass is 789 g/mol. The summed E-state index contributed by atoms with van der Waals surface area (Å²) in [7, 11) is 0. The number of esters is 2. The summed E-state index contributed by atoms with van der Waals surface area (Å²) >= 11 is 0. The second-order valence-corrected chi connectivity index (χ2v) is 17.5. The predicted molar refractivity (Wildman–Crippen MR) is 185 cm³/mol. The third-order valence-corrected chi connectivity index (χ3v) is 14.6. The Bertz CT molecular complexity index is 1750. The number of epoxide rings is 3. The maximum absolute atomic E-state index is 13.7. The number of nitrogens with zero attached hydrogens (tertiary/aromatic N) is 2. The van der Waals surface area contributed by atoms with Crippen LogP contribution in [-0.4, -0.2) is 171 Å². The molecule has 0 bridgehead atoms. The number of aliphatic hydroxyl groups excluding tert-OH is 4. The van der Waals surface area contributed by atoms with Crippen LogP contribution in [0.15, 0.2) is 11.1 Å². The average molecular weight is 790 g/mol. The van der Waals surface area contributed by atoms with Gasteiger partial charge in [0.2, 0.25) is 17.7 Å². The Morgan fingerprint density at radius 3 is 2.27 bits per heavy atom. The Balaban J connectivity index is 0.774. The second-order valence-electron chi connectivity index (χ2n) is 17.5. The summed E-state index contributed by atoms with van der Waals surface area (Å²) in [5, 5.41) is 42.0. The number of hydrogen-bond donors (Lipinski definition) is 5. The minimum absolute atomic E-state index is 0.00406. The highest BCUT2D eigenvalue weighted by molar-refractivity contribution is 5.92. The molecule has 6 heterocycles. The molecule has 2 saturated carbocycles. The molecule has 0 aromatic carbocycles. The van der Waals surface area contributed by atoms with Crippen molar-refractivity contribution < 1.29 is 72.8 Å². The fourth-order valence-corrected chi connectivity index (χ4v) is 11.5. The number of cyclic esters (lactones) is 1. The summed E-state index contributed by atoms with van der Waals surface area (Å²) in [4.78, 5) is 68.0. The fourth-order valence-electron chi connectivity index (χ4n) is 11.5. The zero-order valence-corrected chi connectivity index (χ0v) is 31.7. The minimum Gasteiger partial charge on any atom is -0.458 e. The lowest BCUT2D eigenvalue weighted by Crippen LogP contribution is -2.70. The second kappa shape index (κ2) is 13.1. The van der Waals surface area contributed by atoms with E-state index in [2.05, 4.69) is 12.2 Å². The molecule has 18 heteroatoms. The molecule has 0 aromatic rings. The normalized spacial score (nSPS) is 45.3. The van der Waals surface area contributed by atoms with Crippen LogP contribution < -0.4 is 5.32 Å². The van der Waals surface area contributed by atoms with E-state index in [0.29, 0.717) is 12.8 Å². The third-order valence-electron chi connectivity index (χ3n) is 14.6. The van der Waals surface area contributed by atoms with Crippen molar-refractivity contribution in [3.05, 3.63) is 11.1 Å². The fraction of sp³-hybridized carbons (Fsp3) is 0.816. The molecule has 2 spiro atoms. The molecule has 18 nitrogen and oxygen atoms in total. The Morgan fingerprint density at radius 1 is 0.929 bits per heavy atom. The maximum atomic E-state index is 13.7. The summed E-state index contributed by atoms with van der Waals surface area (Å²) in [6.45, 7) is 6.92. The van der Waals surface area contributed by atoms with E-state index in [1.165, 1.54) is 0 Å². The number of nitrogens with one attached hydrogen (secondary N) is 1. The molecule has 3 amide bonds. The van der Waals surface area contributed by atoms with Crippen molar-refractivity contribution in [2.75, 3.05) is 39.4 Å². The van der Waals surface area contributed by atoms with Gasteiger partial charge in [0.15, 0.2) is 18.0 Å². The molecular formula is C38H51N3O15. The summed E-state index contributed by atoms with van der Waals surface area (Å²) < 4.78 is 36.8. The number of aliphatic hydroxyl groups is 4. The standard InChI is InChI=1S/C38H51N3O15/c1-17(2)36-30(55-36)31-38(56-31)35(3)9-8-18-19(16-51-32(18)49)20(35)14-22-37(38,54-22)34(36)53-26(46)7-6-25(45)41-12-10-40(11-13-41)24(44)5-4-23(43)39-27-29(48)28(47)21(15-42)52-33(27)50/h17,20-22,27-31,33-34,42,47-48,50H,4-16H2,1-3H3,(H,39,43)/t20-,21-,22-,27-,28-,29-,30-,31-,33?,34+,35-,36-,37+,38+/m0/s1. The first-order valence-electron chi connectivity index (χ1n) is 19.9. The zero-order valence-electron chi connectivity index (χ0n) is 31.7. The van der Waals surface area contributed by atoms with E-state index in [0.717, 1.165) is 17.6 Å². The lowest BCUT2D eigenvalue weighted by Gasteiger charge is -2.53. The number of ether oxygens (including phenoxy) is 6. The van der Waals surface area contributed by atoms with Crippen LogP contribution in [0.1, 0.15) is 65.7 Å². The van der Waals surface area contributed by atoms with Crippen LogP contribution in [0.5, 0.6) is 0 Å². The molecule has 9 rings (SSSR count). The zero-order chi connectivity index (χ0) is 39.7. The highest BCUT2D eigenvalue weighted by Gasteiger charge is 3.01. The van der Waals surface area contributed by atoms with Crippen LogP contribution in [0.25, 0.3) is 0 Å². The number of piperazine rings is 1. The smallest absolute Gasteiger partial charge is 0.334 e. The molecule has 3 aliphatic carbocycles. The van der Waals surface area contributed by atoms with Crippen molar-refractivity contribution >= 4 is 29.7 Å². The first-order valence-corrected chi connectivity index (χ1v) is 19.9. The van der Waals surface area contributed by atoms with Crippen LogP contribution >= 0.6 is 0 Å². The highest BCUT2D eigenvalue weighted by atomic mass is 16.8. The van der Waals surface area contributed by atoms with Crippen LogP contribution in [0.3, 0.4) is 0 Å². The van der Waals surface area contributed by atoms with Gasteiger partial charge in [-0.3, -0.25) is 19.2 Å². The molecule has 308 valence electrons. The molecule has 5 saturated heterocycles. The maximum Gasteiger partial charge on any atom is 0.334 e. The van der Waals surface area contributed by atoms with Crippen molar-refractivity contribution in [3.63, 3.8) is 0 Å². The Kier molecular flexibility index (Phi) is 8.99. The summed E-state index contributed by atoms with van der Waals surface area (Å²) in [5.41, 5.74) is -0.940. The van der Waals surface area contributed by atoms with Gasteiger partial charge in [-0.15, -0.1) is 0 Å². The number of hydrogen-bond acceptors (Lipinski definition) is 15. The molecule has 6 aliphatic heterocycles. The first kappa shape index (κ1) is 38.3. The van der Waals surface area contributed by atoms with Gasteiger partial charge in [-0.05, 0) is 36.7 Å². The van der Waals surface area contributed by atoms with E-state index in [-0.39, 0.29) is 112 Å². The van der Waals surface area contributed by atoms with Gasteiger partial charge in [-0.25, -0.2) is 4.79 Å². The van der Waals surface area contributed by atoms with Crippen LogP contribution in [0, 0.1) is 17.3 Å². The first-order chi connectivity index (χ1) is 26.6. The topological polar surface area (TPSA) is 250 Å². The van der Waals surface area contributed by atoms with Gasteiger partial charge in [-0.1, -0.05) is 20.8 Å². The van der Waals surface area contributed by atoms with Crippen molar-refractivity contribution in [1.29, 1.82) is 0 Å². The van der Waals surface area contributed by atoms with Crippen molar-refractivity contribution in [2.45, 2.75) is 138 Å². The summed E-state index contributed by atoms with van der Waals surface area (Å²) in [6, 6.07) is -1.35. The molecule has 14 atom stereocenters. The molecule has 0 aromatic heterocycles. The number of fused-ring (bicyclic) bond motifs is 4. The van der Waals surface area contributed by atoms with Gasteiger partial charge in [-0.2, -0.15) is 0 Å². The SMILES string of the molecule is CC(C)[C@]12O[C@H]1[C@@H]1O[C@]13[C@]1(O[C@H]1C[C@H]1C4=C(CC[C@@]13C)C(=O)OC4)[C@@H]2OC(=O)CCC(=O)N1CCN(C(=O)CCC(=O)N[C@@H]2C(O)O[C@@H](CO)[C@H](O)[C@H]2O)CC1. The molecule has 1 unspecified atom stereocenters. The molecule has 5 N–H and O–H groups in total. The van der Waals surface area contributed by atoms with E-state index < -0.39 is 72.0 Å². The number of amides is 3. The number of carbonyl (C=O) groups is 5. The van der Waals surface area contributed by atoms with Crippen LogP contribution in [0.4, 0.5) is 0 Å². The van der Waals surface area contributed by atoms with Crippen molar-refractivity contribution in [2.24, 2.45) is 17.3 Å². The third kappa shape index (κ3) is 5.25. The van der Waals surface area contributed by atoms with Gasteiger partial charge in [0.05, 0.1) is 19.1 Å². The predicted octanol–water partition coefficient (Wildman–Crippen LogP) is -2.20. The van der Waals surface area contributed by atoms with Gasteiger partial charge in [0.1, 0.15) is 54.4 Å². The molecular weight excluding hydrogens is 738 g/mol. The summed E-state index contributed by atoms with van der Waals surface area (Å²) in [6.07, 6.45) is -6.11. The summed E-state index contributed by atoms with van der Waals surface area (Å²) in [5.74, 6) is -1.94. The van der Waals surface area contributed by atoms with Gasteiger partial charge >= 0.3 is 11.9 Å². The Labute approximate surface area is 322 Å². The molecule has 0 radical (unpaired) electrons. The minimum atomic E-state index is -1.66. The van der Waals surface area contributed by atoms with Crippen molar-refractivity contribution in [1.82, 2.24) is 15.1 Å². The Morgan fingerprint density at radius 2 is 1.61 bits per heavy atom. The van der Waals surface area contributed by atoms with Gasteiger partial charge < -0.3 is 64.0 Å². The molecule has 7 fully saturated rings. The van der Waals surface area contributed by atoms with Gasteiger partial charge in [0, 0.05) is 56.4 Å². The Hall–Kier alpha value is -3.23.